The molecule has 24 heavy (non-hydrogen) atoms. The Hall–Kier alpha value is -2.34. The molecule has 0 aliphatic carbocycles. The van der Waals surface area contributed by atoms with Crippen LogP contribution in [0.2, 0.25) is 0 Å². The second kappa shape index (κ2) is 6.65. The van der Waals surface area contributed by atoms with Gasteiger partial charge in [0.05, 0.1) is 11.4 Å². The molecular formula is C18H20N2O3S. The summed E-state index contributed by atoms with van der Waals surface area (Å²) in [5.74, 6) is -0.0813. The Labute approximate surface area is 142 Å². The molecule has 0 spiro atoms. The van der Waals surface area contributed by atoms with Crippen LogP contribution in [-0.4, -0.2) is 26.6 Å². The highest BCUT2D eigenvalue weighted by Crippen LogP contribution is 2.25. The molecule has 126 valence electrons. The smallest absolute Gasteiger partial charge is 0.255 e. The molecule has 1 aliphatic rings. The Bertz CT molecular complexity index is 862. The van der Waals surface area contributed by atoms with E-state index >= 15 is 0 Å². The van der Waals surface area contributed by atoms with E-state index < -0.39 is 10.0 Å². The molecule has 6 heteroatoms. The van der Waals surface area contributed by atoms with E-state index in [0.29, 0.717) is 24.2 Å². The molecule has 0 radical (unpaired) electrons. The molecule has 0 saturated carbocycles. The second-order valence-corrected chi connectivity index (χ2v) is 7.77. The van der Waals surface area contributed by atoms with Gasteiger partial charge in [-0.05, 0) is 42.7 Å². The summed E-state index contributed by atoms with van der Waals surface area (Å²) < 4.78 is 25.5. The minimum atomic E-state index is -3.25. The van der Waals surface area contributed by atoms with Crippen molar-refractivity contribution in [2.75, 3.05) is 21.9 Å². The normalized spacial score (nSPS) is 16.1. The Morgan fingerprint density at radius 2 is 1.96 bits per heavy atom. The lowest BCUT2D eigenvalue weighted by Crippen LogP contribution is -2.25. The summed E-state index contributed by atoms with van der Waals surface area (Å²) in [6, 6.07) is 14.4. The molecule has 2 aromatic carbocycles. The fourth-order valence-electron chi connectivity index (χ4n) is 2.88. The molecular weight excluding hydrogens is 324 g/mol. The largest absolute Gasteiger partial charge is 0.322 e. The molecule has 1 fully saturated rings. The van der Waals surface area contributed by atoms with Crippen LogP contribution in [0.5, 0.6) is 0 Å². The van der Waals surface area contributed by atoms with E-state index in [2.05, 4.69) is 5.32 Å². The molecule has 2 aromatic rings. The first-order valence-corrected chi connectivity index (χ1v) is 9.62. The average molecular weight is 344 g/mol. The quantitative estimate of drug-likeness (QED) is 0.927. The number of carbonyl (C=O) groups is 1. The number of aryl methyl sites for hydroxylation is 1. The molecule has 0 aromatic heterocycles. The first-order valence-electron chi connectivity index (χ1n) is 8.01. The average Bonchev–Trinajstić information content (AvgIpc) is 2.94. The third-order valence-corrected chi connectivity index (χ3v) is 6.01. The number of hydrogen-bond acceptors (Lipinski definition) is 3. The third kappa shape index (κ3) is 3.28. The van der Waals surface area contributed by atoms with Crippen molar-refractivity contribution >= 4 is 27.3 Å². The van der Waals surface area contributed by atoms with E-state index in [1.807, 2.05) is 31.2 Å². The maximum Gasteiger partial charge on any atom is 0.255 e. The lowest BCUT2D eigenvalue weighted by Gasteiger charge is -2.17. The van der Waals surface area contributed by atoms with Gasteiger partial charge in [-0.1, -0.05) is 31.2 Å². The summed E-state index contributed by atoms with van der Waals surface area (Å²) in [6.07, 6.45) is 1.44. The van der Waals surface area contributed by atoms with Crippen LogP contribution in [0.1, 0.15) is 29.3 Å². The molecule has 1 N–H and O–H groups in total. The molecule has 1 aliphatic heterocycles. The number of benzene rings is 2. The van der Waals surface area contributed by atoms with Crippen molar-refractivity contribution in [3.05, 3.63) is 59.7 Å². The fraction of sp³-hybridized carbons (Fsp3) is 0.278. The van der Waals surface area contributed by atoms with Crippen LogP contribution in [0, 0.1) is 0 Å². The van der Waals surface area contributed by atoms with Gasteiger partial charge in [0.1, 0.15) is 0 Å². The van der Waals surface area contributed by atoms with Gasteiger partial charge >= 0.3 is 0 Å². The van der Waals surface area contributed by atoms with Gasteiger partial charge in [-0.3, -0.25) is 9.10 Å². The van der Waals surface area contributed by atoms with E-state index in [1.54, 1.807) is 24.3 Å². The van der Waals surface area contributed by atoms with Gasteiger partial charge in [-0.25, -0.2) is 8.42 Å². The van der Waals surface area contributed by atoms with Gasteiger partial charge in [0.15, 0.2) is 0 Å². The Morgan fingerprint density at radius 3 is 2.67 bits per heavy atom. The number of carbonyl (C=O) groups excluding carboxylic acids is 1. The van der Waals surface area contributed by atoms with Gasteiger partial charge in [-0.2, -0.15) is 0 Å². The zero-order valence-corrected chi connectivity index (χ0v) is 14.3. The fourth-order valence-corrected chi connectivity index (χ4v) is 4.43. The van der Waals surface area contributed by atoms with Crippen molar-refractivity contribution in [2.24, 2.45) is 0 Å². The van der Waals surface area contributed by atoms with Crippen molar-refractivity contribution in [1.82, 2.24) is 0 Å². The zero-order chi connectivity index (χ0) is 17.2. The van der Waals surface area contributed by atoms with E-state index in [4.69, 9.17) is 0 Å². The van der Waals surface area contributed by atoms with Crippen LogP contribution in [0.15, 0.2) is 48.5 Å². The van der Waals surface area contributed by atoms with Gasteiger partial charge < -0.3 is 5.32 Å². The summed E-state index contributed by atoms with van der Waals surface area (Å²) in [5, 5.41) is 2.91. The van der Waals surface area contributed by atoms with Crippen LogP contribution in [0.25, 0.3) is 0 Å². The van der Waals surface area contributed by atoms with Crippen LogP contribution in [0.3, 0.4) is 0 Å². The molecule has 3 rings (SSSR count). The Kier molecular flexibility index (Phi) is 4.57. The van der Waals surface area contributed by atoms with Crippen LogP contribution in [0.4, 0.5) is 11.4 Å². The molecule has 1 heterocycles. The number of rotatable bonds is 4. The molecule has 0 bridgehead atoms. The predicted molar refractivity (Wildman–Crippen MR) is 96.0 cm³/mol. The minimum absolute atomic E-state index is 0.160. The van der Waals surface area contributed by atoms with Crippen molar-refractivity contribution in [2.45, 2.75) is 19.8 Å². The molecule has 0 atom stereocenters. The van der Waals surface area contributed by atoms with Crippen LogP contribution >= 0.6 is 0 Å². The van der Waals surface area contributed by atoms with E-state index in [0.717, 1.165) is 17.7 Å². The topological polar surface area (TPSA) is 66.5 Å². The standard InChI is InChI=1S/C18H20N2O3S/c1-2-14-7-3-4-10-17(14)19-18(21)15-8-5-9-16(13-15)20-11-6-12-24(20,22)23/h3-5,7-10,13H,2,6,11-12H2,1H3,(H,19,21). The summed E-state index contributed by atoms with van der Waals surface area (Å²) in [5.41, 5.74) is 2.83. The molecule has 1 amide bonds. The maximum absolute atomic E-state index is 12.5. The van der Waals surface area contributed by atoms with E-state index in [-0.39, 0.29) is 11.7 Å². The number of sulfonamides is 1. The Balaban J connectivity index is 1.85. The van der Waals surface area contributed by atoms with E-state index in [9.17, 15) is 13.2 Å². The third-order valence-electron chi connectivity index (χ3n) is 4.14. The lowest BCUT2D eigenvalue weighted by molar-refractivity contribution is 0.102. The van der Waals surface area contributed by atoms with Crippen molar-refractivity contribution in [1.29, 1.82) is 0 Å². The monoisotopic (exact) mass is 344 g/mol. The summed E-state index contributed by atoms with van der Waals surface area (Å²) in [6.45, 7) is 2.50. The van der Waals surface area contributed by atoms with E-state index in [1.165, 1.54) is 4.31 Å². The minimum Gasteiger partial charge on any atom is -0.322 e. The van der Waals surface area contributed by atoms with Crippen molar-refractivity contribution in [3.8, 4) is 0 Å². The number of para-hydroxylation sites is 1. The van der Waals surface area contributed by atoms with Gasteiger partial charge in [-0.15, -0.1) is 0 Å². The Morgan fingerprint density at radius 1 is 1.17 bits per heavy atom. The first-order chi connectivity index (χ1) is 11.5. The summed E-state index contributed by atoms with van der Waals surface area (Å²) >= 11 is 0. The molecule has 1 saturated heterocycles. The van der Waals surface area contributed by atoms with Gasteiger partial charge in [0.25, 0.3) is 5.91 Å². The number of nitrogens with zero attached hydrogens (tertiary/aromatic N) is 1. The highest BCUT2D eigenvalue weighted by atomic mass is 32.2. The van der Waals surface area contributed by atoms with Crippen molar-refractivity contribution in [3.63, 3.8) is 0 Å². The highest BCUT2D eigenvalue weighted by molar-refractivity contribution is 7.93. The lowest BCUT2D eigenvalue weighted by atomic mass is 10.1. The first kappa shape index (κ1) is 16.5. The number of anilines is 2. The second-order valence-electron chi connectivity index (χ2n) is 5.76. The number of nitrogens with one attached hydrogen (secondary N) is 1. The van der Waals surface area contributed by atoms with Crippen LogP contribution < -0.4 is 9.62 Å². The maximum atomic E-state index is 12.5. The molecule has 0 unspecified atom stereocenters. The highest BCUT2D eigenvalue weighted by Gasteiger charge is 2.28. The van der Waals surface area contributed by atoms with Gasteiger partial charge in [0.2, 0.25) is 10.0 Å². The number of hydrogen-bond donors (Lipinski definition) is 1. The summed E-state index contributed by atoms with van der Waals surface area (Å²) in [4.78, 5) is 12.5. The predicted octanol–water partition coefficient (Wildman–Crippen LogP) is 3.04. The van der Waals surface area contributed by atoms with Gasteiger partial charge in [0, 0.05) is 17.8 Å². The number of amides is 1. The SMILES string of the molecule is CCc1ccccc1NC(=O)c1cccc(N2CCCS2(=O)=O)c1. The molecule has 5 nitrogen and oxygen atoms in total. The van der Waals surface area contributed by atoms with Crippen molar-refractivity contribution < 1.29 is 13.2 Å². The summed E-state index contributed by atoms with van der Waals surface area (Å²) in [7, 11) is -3.25. The zero-order valence-electron chi connectivity index (χ0n) is 13.5. The van der Waals surface area contributed by atoms with Crippen LogP contribution in [-0.2, 0) is 16.4 Å².